The number of ether oxygens (including phenoxy) is 1. The van der Waals surface area contributed by atoms with Crippen LogP contribution in [0, 0.1) is 15.5 Å². The molecule has 2 aliphatic heterocycles. The number of hydrogen-bond acceptors (Lipinski definition) is 7. The number of carbonyl (C=O) groups excluding carboxylic acids is 2. The highest BCUT2D eigenvalue weighted by Gasteiger charge is 2.46. The molecule has 0 radical (unpaired) electrons. The number of esters is 1. The third-order valence-electron chi connectivity index (χ3n) is 7.25. The lowest BCUT2D eigenvalue weighted by atomic mass is 9.73. The highest BCUT2D eigenvalue weighted by molar-refractivity contribution is 6.02. The number of Topliss-reactive ketones (excluding diaryl/α,β-unsaturated/α-hetero) is 1. The van der Waals surface area contributed by atoms with Gasteiger partial charge in [-0.1, -0.05) is 56.3 Å². The minimum absolute atomic E-state index is 0.0364. The zero-order chi connectivity index (χ0) is 25.9. The normalized spacial score (nSPS) is 21.8. The predicted molar refractivity (Wildman–Crippen MR) is 138 cm³/mol. The number of benzene rings is 3. The minimum atomic E-state index is -0.828. The van der Waals surface area contributed by atoms with Crippen molar-refractivity contribution in [2.75, 3.05) is 10.2 Å². The zero-order valence-corrected chi connectivity index (χ0v) is 20.4. The minimum Gasteiger partial charge on any atom is -0.433 e. The summed E-state index contributed by atoms with van der Waals surface area (Å²) in [6, 6.07) is 20.5. The molecule has 0 fully saturated rings. The van der Waals surface area contributed by atoms with Crippen LogP contribution in [0.2, 0.25) is 0 Å². The Kier molecular flexibility index (Phi) is 5.15. The van der Waals surface area contributed by atoms with Gasteiger partial charge in [-0.3, -0.25) is 14.9 Å². The number of nitrogens with zero attached hydrogens (tertiary/aromatic N) is 2. The van der Waals surface area contributed by atoms with E-state index in [1.54, 1.807) is 24.3 Å². The largest absolute Gasteiger partial charge is 0.433 e. The van der Waals surface area contributed by atoms with Crippen molar-refractivity contribution in [3.8, 4) is 0 Å². The van der Waals surface area contributed by atoms with Gasteiger partial charge >= 0.3 is 5.97 Å². The predicted octanol–water partition coefficient (Wildman–Crippen LogP) is 6.08. The molecule has 1 aliphatic carbocycles. The molecule has 2 atom stereocenters. The van der Waals surface area contributed by atoms with Crippen LogP contribution in [0.1, 0.15) is 60.4 Å². The van der Waals surface area contributed by atoms with E-state index in [0.29, 0.717) is 35.1 Å². The van der Waals surface area contributed by atoms with Gasteiger partial charge in [0.2, 0.25) is 6.23 Å². The highest BCUT2D eigenvalue weighted by Crippen LogP contribution is 2.52. The fourth-order valence-corrected chi connectivity index (χ4v) is 5.74. The van der Waals surface area contributed by atoms with Crippen molar-refractivity contribution < 1.29 is 19.2 Å². The van der Waals surface area contributed by atoms with Crippen molar-refractivity contribution in [3.05, 3.63) is 111 Å². The molecule has 0 aromatic heterocycles. The Morgan fingerprint density at radius 1 is 1.00 bits per heavy atom. The Hall–Kier alpha value is -4.46. The summed E-state index contributed by atoms with van der Waals surface area (Å²) in [6.07, 6.45) is 0.137. The Labute approximate surface area is 213 Å². The van der Waals surface area contributed by atoms with Crippen LogP contribution in [0.5, 0.6) is 0 Å². The van der Waals surface area contributed by atoms with Gasteiger partial charge in [0, 0.05) is 35.4 Å². The third-order valence-corrected chi connectivity index (χ3v) is 7.25. The molecule has 0 bridgehead atoms. The SMILES string of the molecule is CC1(C)CC(=O)C2=C(C1)Nc1ccccc1N(C1OC(=O)c3ccccc31)C2c1cccc([N+](=O)[O-])c1. The second kappa shape index (κ2) is 8.30. The first-order chi connectivity index (χ1) is 17.7. The molecular formula is C29H25N3O5. The molecule has 0 saturated carbocycles. The summed E-state index contributed by atoms with van der Waals surface area (Å²) in [6.45, 7) is 4.12. The molecule has 3 aromatic rings. The van der Waals surface area contributed by atoms with E-state index in [2.05, 4.69) is 19.2 Å². The zero-order valence-electron chi connectivity index (χ0n) is 20.4. The van der Waals surface area contributed by atoms with Gasteiger partial charge in [0.05, 0.1) is 27.9 Å². The number of nitro benzene ring substituents is 1. The number of hydrogen-bond donors (Lipinski definition) is 1. The highest BCUT2D eigenvalue weighted by atomic mass is 16.6. The number of rotatable bonds is 3. The van der Waals surface area contributed by atoms with Gasteiger partial charge in [0.1, 0.15) is 0 Å². The average molecular weight is 496 g/mol. The van der Waals surface area contributed by atoms with Crippen LogP contribution in [-0.4, -0.2) is 16.7 Å². The van der Waals surface area contributed by atoms with Gasteiger partial charge in [-0.15, -0.1) is 0 Å². The summed E-state index contributed by atoms with van der Waals surface area (Å²) in [7, 11) is 0. The summed E-state index contributed by atoms with van der Waals surface area (Å²) in [5, 5.41) is 15.2. The lowest BCUT2D eigenvalue weighted by Crippen LogP contribution is -2.38. The fourth-order valence-electron chi connectivity index (χ4n) is 5.74. The van der Waals surface area contributed by atoms with Crippen LogP contribution < -0.4 is 10.2 Å². The van der Waals surface area contributed by atoms with E-state index in [9.17, 15) is 19.7 Å². The van der Waals surface area contributed by atoms with Crippen molar-refractivity contribution in [1.29, 1.82) is 0 Å². The molecule has 1 N–H and O–H groups in total. The van der Waals surface area contributed by atoms with Crippen LogP contribution in [0.4, 0.5) is 17.1 Å². The molecule has 3 aromatic carbocycles. The van der Waals surface area contributed by atoms with E-state index < -0.39 is 23.2 Å². The first-order valence-electron chi connectivity index (χ1n) is 12.2. The van der Waals surface area contributed by atoms with Crippen LogP contribution in [-0.2, 0) is 9.53 Å². The van der Waals surface area contributed by atoms with Crippen LogP contribution >= 0.6 is 0 Å². The Balaban J connectivity index is 1.65. The van der Waals surface area contributed by atoms with Gasteiger partial charge < -0.3 is 15.0 Å². The molecule has 0 saturated heterocycles. The Bertz CT molecular complexity index is 1510. The van der Waals surface area contributed by atoms with Crippen molar-refractivity contribution in [2.24, 2.45) is 5.41 Å². The Morgan fingerprint density at radius 2 is 1.76 bits per heavy atom. The maximum absolute atomic E-state index is 13.9. The van der Waals surface area contributed by atoms with Crippen LogP contribution in [0.3, 0.4) is 0 Å². The molecular weight excluding hydrogens is 470 g/mol. The van der Waals surface area contributed by atoms with E-state index >= 15 is 0 Å². The first-order valence-corrected chi connectivity index (χ1v) is 12.2. The number of para-hydroxylation sites is 2. The lowest BCUT2D eigenvalue weighted by Gasteiger charge is -2.40. The summed E-state index contributed by atoms with van der Waals surface area (Å²) < 4.78 is 5.96. The van der Waals surface area contributed by atoms with E-state index in [4.69, 9.17) is 4.74 Å². The number of fused-ring (bicyclic) bond motifs is 2. The summed E-state index contributed by atoms with van der Waals surface area (Å²) in [5.41, 5.74) is 4.22. The fraction of sp³-hybridized carbons (Fsp3) is 0.241. The van der Waals surface area contributed by atoms with Crippen molar-refractivity contribution >= 4 is 28.8 Å². The van der Waals surface area contributed by atoms with E-state index in [1.807, 2.05) is 41.3 Å². The second-order valence-corrected chi connectivity index (χ2v) is 10.5. The number of carbonyl (C=O) groups is 2. The summed E-state index contributed by atoms with van der Waals surface area (Å²) in [4.78, 5) is 39.9. The molecule has 186 valence electrons. The smallest absolute Gasteiger partial charge is 0.340 e. The van der Waals surface area contributed by atoms with Crippen molar-refractivity contribution in [3.63, 3.8) is 0 Å². The average Bonchev–Trinajstić information content (AvgIpc) is 3.11. The van der Waals surface area contributed by atoms with Gasteiger partial charge in [-0.05, 0) is 35.6 Å². The molecule has 0 amide bonds. The quantitative estimate of drug-likeness (QED) is 0.267. The topological polar surface area (TPSA) is 102 Å². The number of cyclic esters (lactones) is 1. The van der Waals surface area contributed by atoms with Crippen molar-refractivity contribution in [2.45, 2.75) is 39.0 Å². The molecule has 3 aliphatic rings. The maximum atomic E-state index is 13.9. The number of anilines is 2. The second-order valence-electron chi connectivity index (χ2n) is 10.5. The van der Waals surface area contributed by atoms with E-state index in [-0.39, 0.29) is 16.9 Å². The van der Waals surface area contributed by atoms with Gasteiger partial charge in [-0.25, -0.2) is 4.79 Å². The standard InChI is InChI=1S/C29H25N3O5/c1-29(2)15-22-25(24(33)16-29)26(17-8-7-9-18(14-17)32(35)36)31(23-13-6-5-12-21(23)30-22)27-19-10-3-4-11-20(19)28(34)37-27/h3-14,26-27,30H,15-16H2,1-2H3. The first kappa shape index (κ1) is 23.0. The summed E-state index contributed by atoms with van der Waals surface area (Å²) in [5.74, 6) is -0.482. The lowest BCUT2D eigenvalue weighted by molar-refractivity contribution is -0.384. The van der Waals surface area contributed by atoms with Crippen molar-refractivity contribution in [1.82, 2.24) is 0 Å². The summed E-state index contributed by atoms with van der Waals surface area (Å²) >= 11 is 0. The number of non-ortho nitro benzene ring substituents is 1. The van der Waals surface area contributed by atoms with Crippen LogP contribution in [0.15, 0.2) is 84.1 Å². The van der Waals surface area contributed by atoms with Gasteiger partial charge in [-0.2, -0.15) is 0 Å². The number of nitro groups is 1. The van der Waals surface area contributed by atoms with E-state index in [0.717, 1.165) is 17.1 Å². The van der Waals surface area contributed by atoms with Gasteiger partial charge in [0.25, 0.3) is 5.69 Å². The molecule has 8 heteroatoms. The number of ketones is 1. The third kappa shape index (κ3) is 3.76. The van der Waals surface area contributed by atoms with Gasteiger partial charge in [0.15, 0.2) is 5.78 Å². The maximum Gasteiger partial charge on any atom is 0.340 e. The molecule has 2 unspecified atom stereocenters. The molecule has 2 heterocycles. The van der Waals surface area contributed by atoms with Crippen LogP contribution in [0.25, 0.3) is 0 Å². The molecule has 0 spiro atoms. The molecule has 8 nitrogen and oxygen atoms in total. The monoisotopic (exact) mass is 495 g/mol. The number of allylic oxidation sites excluding steroid dienone is 1. The van der Waals surface area contributed by atoms with E-state index in [1.165, 1.54) is 12.1 Å². The molecule has 6 rings (SSSR count). The molecule has 37 heavy (non-hydrogen) atoms. The Morgan fingerprint density at radius 3 is 2.57 bits per heavy atom. The number of nitrogens with one attached hydrogen (secondary N) is 1.